The van der Waals surface area contributed by atoms with Crippen LogP contribution < -0.4 is 0 Å². The minimum absolute atomic E-state index is 0.215. The van der Waals surface area contributed by atoms with E-state index in [9.17, 15) is 4.79 Å². The molecule has 94 valence electrons. The van der Waals surface area contributed by atoms with Gasteiger partial charge in [0, 0.05) is 0 Å². The number of rotatable bonds is 5. The van der Waals surface area contributed by atoms with Gasteiger partial charge in [0.15, 0.2) is 0 Å². The van der Waals surface area contributed by atoms with E-state index < -0.39 is 5.54 Å². The minimum Gasteiger partial charge on any atom is -0.467 e. The van der Waals surface area contributed by atoms with E-state index in [-0.39, 0.29) is 5.97 Å². The van der Waals surface area contributed by atoms with Gasteiger partial charge in [0.25, 0.3) is 0 Å². The lowest BCUT2D eigenvalue weighted by molar-refractivity contribution is -0.155. The number of likely N-dealkylation sites (N-methyl/N-ethyl adjacent to an activating group) is 1. The Morgan fingerprint density at radius 3 is 2.18 bits per heavy atom. The van der Waals surface area contributed by atoms with E-state index in [0.717, 1.165) is 18.7 Å². The third kappa shape index (κ3) is 2.50. The smallest absolute Gasteiger partial charge is 0.330 e. The van der Waals surface area contributed by atoms with Crippen molar-refractivity contribution in [1.82, 2.24) is 4.90 Å². The Morgan fingerprint density at radius 1 is 1.24 bits per heavy atom. The molecular weight excluding hydrogens is 214 g/mol. The molecule has 0 bridgehead atoms. The predicted octanol–water partition coefficient (Wildman–Crippen LogP) is 2.42. The second-order valence-corrected chi connectivity index (χ2v) is 4.10. The minimum atomic E-state index is -0.709. The van der Waals surface area contributed by atoms with Gasteiger partial charge in [-0.2, -0.15) is 0 Å². The Bertz CT molecular complexity index is 360. The summed E-state index contributed by atoms with van der Waals surface area (Å²) in [6, 6.07) is 9.77. The van der Waals surface area contributed by atoms with Crippen molar-refractivity contribution in [3.05, 3.63) is 35.9 Å². The summed E-state index contributed by atoms with van der Waals surface area (Å²) in [6.45, 7) is 7.62. The third-order valence-corrected chi connectivity index (χ3v) is 3.31. The van der Waals surface area contributed by atoms with E-state index in [2.05, 4.69) is 4.90 Å². The van der Waals surface area contributed by atoms with Gasteiger partial charge in [-0.3, -0.25) is 4.90 Å². The summed E-state index contributed by atoms with van der Waals surface area (Å²) in [5, 5.41) is 0. The van der Waals surface area contributed by atoms with Gasteiger partial charge in [0.2, 0.25) is 0 Å². The Labute approximate surface area is 103 Å². The maximum absolute atomic E-state index is 12.1. The van der Waals surface area contributed by atoms with Crippen LogP contribution >= 0.6 is 0 Å². The molecule has 0 aliphatic heterocycles. The molecule has 0 saturated carbocycles. The second kappa shape index (κ2) is 5.82. The Balaban J connectivity index is 3.24. The molecule has 0 spiro atoms. The summed E-state index contributed by atoms with van der Waals surface area (Å²) in [7, 11) is 1.44. The van der Waals surface area contributed by atoms with Gasteiger partial charge in [-0.1, -0.05) is 44.2 Å². The summed E-state index contributed by atoms with van der Waals surface area (Å²) < 4.78 is 4.97. The van der Waals surface area contributed by atoms with Crippen molar-refractivity contribution < 1.29 is 9.53 Å². The van der Waals surface area contributed by atoms with Crippen LogP contribution in [0.4, 0.5) is 0 Å². The maximum Gasteiger partial charge on any atom is 0.330 e. The van der Waals surface area contributed by atoms with Gasteiger partial charge in [0.1, 0.15) is 5.54 Å². The van der Waals surface area contributed by atoms with Crippen molar-refractivity contribution in [3.8, 4) is 0 Å². The van der Waals surface area contributed by atoms with Gasteiger partial charge >= 0.3 is 5.97 Å². The molecule has 0 aliphatic carbocycles. The third-order valence-electron chi connectivity index (χ3n) is 3.31. The van der Waals surface area contributed by atoms with E-state index in [1.807, 2.05) is 51.1 Å². The van der Waals surface area contributed by atoms with Crippen LogP contribution in [0.3, 0.4) is 0 Å². The quantitative estimate of drug-likeness (QED) is 0.734. The van der Waals surface area contributed by atoms with Crippen LogP contribution in [0.1, 0.15) is 26.3 Å². The number of hydrogen-bond donors (Lipinski definition) is 0. The van der Waals surface area contributed by atoms with Crippen LogP contribution in [0, 0.1) is 0 Å². The molecule has 1 rings (SSSR count). The average Bonchev–Trinajstić information content (AvgIpc) is 2.39. The Hall–Kier alpha value is -1.35. The largest absolute Gasteiger partial charge is 0.467 e. The van der Waals surface area contributed by atoms with E-state index in [1.54, 1.807) is 0 Å². The lowest BCUT2D eigenvalue weighted by atomic mass is 9.90. The van der Waals surface area contributed by atoms with Gasteiger partial charge in [0.05, 0.1) is 7.11 Å². The van der Waals surface area contributed by atoms with Gasteiger partial charge in [-0.15, -0.1) is 0 Å². The lowest BCUT2D eigenvalue weighted by Crippen LogP contribution is -2.50. The zero-order chi connectivity index (χ0) is 12.9. The molecule has 1 atom stereocenters. The summed E-state index contributed by atoms with van der Waals surface area (Å²) in [4.78, 5) is 14.2. The van der Waals surface area contributed by atoms with Crippen molar-refractivity contribution in [1.29, 1.82) is 0 Å². The van der Waals surface area contributed by atoms with Crippen molar-refractivity contribution in [2.24, 2.45) is 0 Å². The zero-order valence-corrected chi connectivity index (χ0v) is 11.1. The van der Waals surface area contributed by atoms with Crippen molar-refractivity contribution in [3.63, 3.8) is 0 Å². The second-order valence-electron chi connectivity index (χ2n) is 4.10. The molecule has 0 aliphatic rings. The van der Waals surface area contributed by atoms with E-state index in [0.29, 0.717) is 0 Å². The SMILES string of the molecule is CCN(CC)[C@@](C)(C(=O)OC)c1ccccc1. The number of carbonyl (C=O) groups is 1. The number of nitrogens with zero attached hydrogens (tertiary/aromatic N) is 1. The molecule has 0 fully saturated rings. The average molecular weight is 235 g/mol. The fourth-order valence-electron chi connectivity index (χ4n) is 2.25. The Kier molecular flexibility index (Phi) is 4.70. The molecule has 3 heteroatoms. The molecule has 0 amide bonds. The first-order valence-corrected chi connectivity index (χ1v) is 6.00. The van der Waals surface area contributed by atoms with Crippen molar-refractivity contribution in [2.45, 2.75) is 26.3 Å². The molecule has 3 nitrogen and oxygen atoms in total. The highest BCUT2D eigenvalue weighted by atomic mass is 16.5. The Morgan fingerprint density at radius 2 is 1.76 bits per heavy atom. The van der Waals surface area contributed by atoms with Gasteiger partial charge in [-0.05, 0) is 25.6 Å². The molecule has 0 radical (unpaired) electrons. The molecule has 0 heterocycles. The summed E-state index contributed by atoms with van der Waals surface area (Å²) in [6.07, 6.45) is 0. The standard InChI is InChI=1S/C14H21NO2/c1-5-15(6-2)14(3,13(16)17-4)12-10-8-7-9-11-12/h7-11H,5-6H2,1-4H3/t14-/m1/s1. The summed E-state index contributed by atoms with van der Waals surface area (Å²) in [5.41, 5.74) is 0.259. The maximum atomic E-state index is 12.1. The molecule has 1 aromatic rings. The van der Waals surface area contributed by atoms with Crippen LogP contribution in [-0.4, -0.2) is 31.1 Å². The van der Waals surface area contributed by atoms with Crippen LogP contribution in [0.25, 0.3) is 0 Å². The monoisotopic (exact) mass is 235 g/mol. The van der Waals surface area contributed by atoms with Crippen LogP contribution in [0.15, 0.2) is 30.3 Å². The lowest BCUT2D eigenvalue weighted by Gasteiger charge is -2.38. The van der Waals surface area contributed by atoms with Crippen LogP contribution in [-0.2, 0) is 15.1 Å². The number of ether oxygens (including phenoxy) is 1. The zero-order valence-electron chi connectivity index (χ0n) is 11.1. The van der Waals surface area contributed by atoms with E-state index in [4.69, 9.17) is 4.74 Å². The van der Waals surface area contributed by atoms with Gasteiger partial charge in [-0.25, -0.2) is 4.79 Å². The van der Waals surface area contributed by atoms with Crippen molar-refractivity contribution >= 4 is 5.97 Å². The molecule has 0 unspecified atom stereocenters. The summed E-state index contributed by atoms with van der Waals surface area (Å²) >= 11 is 0. The topological polar surface area (TPSA) is 29.5 Å². The number of esters is 1. The number of hydrogen-bond acceptors (Lipinski definition) is 3. The molecule has 0 aromatic heterocycles. The molecule has 0 N–H and O–H groups in total. The highest BCUT2D eigenvalue weighted by molar-refractivity contribution is 5.82. The first kappa shape index (κ1) is 13.7. The van der Waals surface area contributed by atoms with Crippen LogP contribution in [0.2, 0.25) is 0 Å². The van der Waals surface area contributed by atoms with E-state index >= 15 is 0 Å². The molecule has 17 heavy (non-hydrogen) atoms. The first-order valence-electron chi connectivity index (χ1n) is 6.00. The normalized spacial score (nSPS) is 14.4. The predicted molar refractivity (Wildman–Crippen MR) is 68.7 cm³/mol. The fraction of sp³-hybridized carbons (Fsp3) is 0.500. The number of methoxy groups -OCH3 is 1. The number of carbonyl (C=O) groups excluding carboxylic acids is 1. The molecule has 0 saturated heterocycles. The fourth-order valence-corrected chi connectivity index (χ4v) is 2.25. The molecular formula is C14H21NO2. The van der Waals surface area contributed by atoms with Crippen LogP contribution in [0.5, 0.6) is 0 Å². The highest BCUT2D eigenvalue weighted by Crippen LogP contribution is 2.29. The van der Waals surface area contributed by atoms with E-state index in [1.165, 1.54) is 7.11 Å². The number of benzene rings is 1. The highest BCUT2D eigenvalue weighted by Gasteiger charge is 2.40. The van der Waals surface area contributed by atoms with Crippen molar-refractivity contribution in [2.75, 3.05) is 20.2 Å². The molecule has 1 aromatic carbocycles. The first-order chi connectivity index (χ1) is 8.11. The summed E-state index contributed by atoms with van der Waals surface area (Å²) in [5.74, 6) is -0.215. The van der Waals surface area contributed by atoms with Gasteiger partial charge < -0.3 is 4.74 Å².